The van der Waals surface area contributed by atoms with Crippen LogP contribution in [0, 0.1) is 12.8 Å². The molecule has 0 radical (unpaired) electrons. The molecule has 0 bridgehead atoms. The van der Waals surface area contributed by atoms with Crippen molar-refractivity contribution in [2.45, 2.75) is 42.8 Å². The Kier molecular flexibility index (Phi) is 7.04. The standard InChI is InChI=1S/C23H20F6N4O2S/c1-12-30-19-17(20(34)31-12)10-14(18(32-19)23(27,28)29)11-36-16-4-2-13(3-5-16)21(35)33-8-6-15(7-9-33)22(24,25)26/h2-5,10,15H,6-9,11H2,1H3,(H,30,31,32,34). The van der Waals surface area contributed by atoms with Gasteiger partial charge in [-0.05, 0) is 55.7 Å². The van der Waals surface area contributed by atoms with Crippen LogP contribution in [-0.2, 0) is 11.9 Å². The molecule has 1 fully saturated rings. The van der Waals surface area contributed by atoms with Crippen molar-refractivity contribution in [1.29, 1.82) is 0 Å². The van der Waals surface area contributed by atoms with Gasteiger partial charge in [0.25, 0.3) is 11.5 Å². The number of hydrogen-bond donors (Lipinski definition) is 1. The number of likely N-dealkylation sites (tertiary alicyclic amines) is 1. The maximum absolute atomic E-state index is 13.6. The predicted molar refractivity (Wildman–Crippen MR) is 121 cm³/mol. The van der Waals surface area contributed by atoms with Crippen LogP contribution in [0.3, 0.4) is 0 Å². The molecule has 4 rings (SSSR count). The molecule has 1 amide bonds. The number of piperidine rings is 1. The lowest BCUT2D eigenvalue weighted by Gasteiger charge is -2.33. The summed E-state index contributed by atoms with van der Waals surface area (Å²) in [6.07, 6.45) is -9.33. The van der Waals surface area contributed by atoms with Crippen LogP contribution in [0.15, 0.2) is 40.0 Å². The number of amides is 1. The Morgan fingerprint density at radius 1 is 1.08 bits per heavy atom. The van der Waals surface area contributed by atoms with E-state index >= 15 is 0 Å². The minimum Gasteiger partial charge on any atom is -0.339 e. The SMILES string of the molecule is Cc1nc2nc(C(F)(F)F)c(CSc3ccc(C(=O)N4CCC(C(F)(F)F)CC4)cc3)cc2c(=O)[nH]1. The Hall–Kier alpha value is -3.09. The van der Waals surface area contributed by atoms with E-state index in [0.717, 1.165) is 17.8 Å². The lowest BCUT2D eigenvalue weighted by atomic mass is 9.96. The third kappa shape index (κ3) is 5.66. The molecule has 1 aromatic carbocycles. The van der Waals surface area contributed by atoms with E-state index in [1.165, 1.54) is 24.0 Å². The van der Waals surface area contributed by atoms with Gasteiger partial charge in [0.2, 0.25) is 0 Å². The topological polar surface area (TPSA) is 79.0 Å². The zero-order chi connectivity index (χ0) is 26.3. The molecule has 192 valence electrons. The van der Waals surface area contributed by atoms with Gasteiger partial charge in [-0.15, -0.1) is 11.8 Å². The molecule has 2 aromatic heterocycles. The third-order valence-electron chi connectivity index (χ3n) is 5.90. The van der Waals surface area contributed by atoms with Crippen molar-refractivity contribution in [3.05, 3.63) is 63.3 Å². The van der Waals surface area contributed by atoms with Gasteiger partial charge in [-0.25, -0.2) is 9.97 Å². The summed E-state index contributed by atoms with van der Waals surface area (Å²) < 4.78 is 79.4. The molecule has 3 aromatic rings. The second-order valence-corrected chi connectivity index (χ2v) is 9.49. The zero-order valence-electron chi connectivity index (χ0n) is 18.8. The fourth-order valence-corrected chi connectivity index (χ4v) is 4.89. The van der Waals surface area contributed by atoms with Gasteiger partial charge in [0.15, 0.2) is 11.3 Å². The summed E-state index contributed by atoms with van der Waals surface area (Å²) in [5.74, 6) is -1.81. The first-order valence-electron chi connectivity index (χ1n) is 10.9. The van der Waals surface area contributed by atoms with Crippen LogP contribution in [0.25, 0.3) is 11.0 Å². The van der Waals surface area contributed by atoms with E-state index in [2.05, 4.69) is 15.0 Å². The molecule has 1 N–H and O–H groups in total. The van der Waals surface area contributed by atoms with Crippen molar-refractivity contribution in [2.75, 3.05) is 13.1 Å². The molecule has 1 aliphatic rings. The lowest BCUT2D eigenvalue weighted by Crippen LogP contribution is -2.42. The summed E-state index contributed by atoms with van der Waals surface area (Å²) >= 11 is 1.06. The third-order valence-corrected chi connectivity index (χ3v) is 6.96. The highest BCUT2D eigenvalue weighted by Gasteiger charge is 2.41. The number of carbonyl (C=O) groups excluding carboxylic acids is 1. The predicted octanol–water partition coefficient (Wildman–Crippen LogP) is 5.35. The summed E-state index contributed by atoms with van der Waals surface area (Å²) in [6, 6.07) is 7.22. The Labute approximate surface area is 205 Å². The first kappa shape index (κ1) is 26.0. The minimum atomic E-state index is -4.75. The summed E-state index contributed by atoms with van der Waals surface area (Å²) in [6.45, 7) is 1.45. The highest BCUT2D eigenvalue weighted by molar-refractivity contribution is 7.98. The molecule has 3 heterocycles. The van der Waals surface area contributed by atoms with Gasteiger partial charge < -0.3 is 9.88 Å². The van der Waals surface area contributed by atoms with Crippen LogP contribution >= 0.6 is 11.8 Å². The summed E-state index contributed by atoms with van der Waals surface area (Å²) in [5, 5.41) is -0.0561. The number of H-pyrrole nitrogens is 1. The molecule has 0 aliphatic carbocycles. The first-order valence-corrected chi connectivity index (χ1v) is 11.9. The van der Waals surface area contributed by atoms with Crippen LogP contribution in [0.5, 0.6) is 0 Å². The van der Waals surface area contributed by atoms with Crippen molar-refractivity contribution in [3.63, 3.8) is 0 Å². The Balaban J connectivity index is 1.47. The second kappa shape index (κ2) is 9.75. The highest BCUT2D eigenvalue weighted by atomic mass is 32.2. The van der Waals surface area contributed by atoms with E-state index < -0.39 is 35.4 Å². The van der Waals surface area contributed by atoms with Crippen molar-refractivity contribution >= 4 is 28.7 Å². The highest BCUT2D eigenvalue weighted by Crippen LogP contribution is 2.36. The van der Waals surface area contributed by atoms with E-state index in [-0.39, 0.29) is 59.7 Å². The zero-order valence-corrected chi connectivity index (χ0v) is 19.7. The van der Waals surface area contributed by atoms with Gasteiger partial charge >= 0.3 is 12.4 Å². The van der Waals surface area contributed by atoms with E-state index in [1.807, 2.05) is 0 Å². The van der Waals surface area contributed by atoms with Gasteiger partial charge in [-0.3, -0.25) is 9.59 Å². The maximum atomic E-state index is 13.6. The van der Waals surface area contributed by atoms with Gasteiger partial charge in [0.1, 0.15) is 5.82 Å². The minimum absolute atomic E-state index is 0.00219. The molecule has 6 nitrogen and oxygen atoms in total. The van der Waals surface area contributed by atoms with Gasteiger partial charge in [0.05, 0.1) is 11.3 Å². The fraction of sp³-hybridized carbons (Fsp3) is 0.391. The number of alkyl halides is 6. The monoisotopic (exact) mass is 530 g/mol. The maximum Gasteiger partial charge on any atom is 0.433 e. The molecule has 0 saturated carbocycles. The number of halogens is 6. The average Bonchev–Trinajstić information content (AvgIpc) is 2.81. The van der Waals surface area contributed by atoms with Crippen LogP contribution in [0.4, 0.5) is 26.3 Å². The molecule has 1 saturated heterocycles. The van der Waals surface area contributed by atoms with Crippen LogP contribution in [-0.4, -0.2) is 45.0 Å². The largest absolute Gasteiger partial charge is 0.433 e. The number of rotatable bonds is 4. The molecule has 0 spiro atoms. The first-order chi connectivity index (χ1) is 16.8. The van der Waals surface area contributed by atoms with E-state index in [4.69, 9.17) is 0 Å². The van der Waals surface area contributed by atoms with Gasteiger partial charge in [0, 0.05) is 29.3 Å². The molecular weight excluding hydrogens is 510 g/mol. The number of aryl methyl sites for hydroxylation is 1. The Morgan fingerprint density at radius 2 is 1.72 bits per heavy atom. The van der Waals surface area contributed by atoms with Crippen molar-refractivity contribution in [1.82, 2.24) is 19.9 Å². The summed E-state index contributed by atoms with van der Waals surface area (Å²) in [5.41, 5.74) is -1.93. The van der Waals surface area contributed by atoms with Crippen molar-refractivity contribution < 1.29 is 31.1 Å². The summed E-state index contributed by atoms with van der Waals surface area (Å²) in [4.78, 5) is 36.7. The van der Waals surface area contributed by atoms with Crippen LogP contribution < -0.4 is 5.56 Å². The van der Waals surface area contributed by atoms with Crippen LogP contribution in [0.2, 0.25) is 0 Å². The van der Waals surface area contributed by atoms with Gasteiger partial charge in [-0.2, -0.15) is 26.3 Å². The molecule has 36 heavy (non-hydrogen) atoms. The number of hydrogen-bond acceptors (Lipinski definition) is 5. The fourth-order valence-electron chi connectivity index (χ4n) is 4.02. The number of pyridine rings is 1. The van der Waals surface area contributed by atoms with Crippen molar-refractivity contribution in [3.8, 4) is 0 Å². The van der Waals surface area contributed by atoms with Crippen molar-refractivity contribution in [2.24, 2.45) is 5.92 Å². The van der Waals surface area contributed by atoms with Crippen LogP contribution in [0.1, 0.15) is 40.3 Å². The number of fused-ring (bicyclic) bond motifs is 1. The number of aromatic nitrogens is 3. The Morgan fingerprint density at radius 3 is 2.31 bits per heavy atom. The second-order valence-electron chi connectivity index (χ2n) is 8.44. The number of nitrogens with zero attached hydrogens (tertiary/aromatic N) is 3. The number of nitrogens with one attached hydrogen (secondary N) is 1. The molecule has 1 aliphatic heterocycles. The Bertz CT molecular complexity index is 1330. The number of thioether (sulfide) groups is 1. The number of aromatic amines is 1. The number of carbonyl (C=O) groups is 1. The quantitative estimate of drug-likeness (QED) is 0.363. The average molecular weight is 530 g/mol. The summed E-state index contributed by atoms with van der Waals surface area (Å²) in [7, 11) is 0. The smallest absolute Gasteiger partial charge is 0.339 e. The van der Waals surface area contributed by atoms with E-state index in [1.54, 1.807) is 12.1 Å². The number of benzene rings is 1. The normalized spacial score (nSPS) is 15.5. The molecular formula is C23H20F6N4O2S. The van der Waals surface area contributed by atoms with E-state index in [9.17, 15) is 35.9 Å². The lowest BCUT2D eigenvalue weighted by molar-refractivity contribution is -0.183. The molecule has 13 heteroatoms. The van der Waals surface area contributed by atoms with Gasteiger partial charge in [-0.1, -0.05) is 0 Å². The molecule has 0 unspecified atom stereocenters. The van der Waals surface area contributed by atoms with E-state index in [0.29, 0.717) is 4.90 Å². The molecule has 0 atom stereocenters.